The molecule has 1 atom stereocenters. The van der Waals surface area contributed by atoms with Crippen LogP contribution >= 0.6 is 0 Å². The first-order valence-electron chi connectivity index (χ1n) is 6.17. The normalized spacial score (nSPS) is 16.6. The summed E-state index contributed by atoms with van der Waals surface area (Å²) in [5.41, 5.74) is 6.76. The Morgan fingerprint density at radius 3 is 2.94 bits per heavy atom. The molecule has 6 heteroatoms. The Balaban J connectivity index is 2.03. The summed E-state index contributed by atoms with van der Waals surface area (Å²) in [7, 11) is 3.45. The zero-order chi connectivity index (χ0) is 13.1. The van der Waals surface area contributed by atoms with Crippen LogP contribution in [0.3, 0.4) is 0 Å². The smallest absolute Gasteiger partial charge is 0.244 e. The van der Waals surface area contributed by atoms with Crippen molar-refractivity contribution in [1.82, 2.24) is 14.7 Å². The first-order valence-corrected chi connectivity index (χ1v) is 6.17. The van der Waals surface area contributed by atoms with E-state index in [1.54, 1.807) is 24.2 Å². The molecule has 0 saturated heterocycles. The highest BCUT2D eigenvalue weighted by Gasteiger charge is 2.35. The van der Waals surface area contributed by atoms with Crippen LogP contribution in [0.15, 0.2) is 12.4 Å². The first kappa shape index (κ1) is 13.0. The van der Waals surface area contributed by atoms with Crippen molar-refractivity contribution < 1.29 is 9.53 Å². The number of rotatable bonds is 6. The summed E-state index contributed by atoms with van der Waals surface area (Å²) in [6, 6.07) is -0.286. The molecule has 1 fully saturated rings. The molecule has 1 aliphatic rings. The maximum absolute atomic E-state index is 12.3. The van der Waals surface area contributed by atoms with Crippen molar-refractivity contribution in [1.29, 1.82) is 0 Å². The molecule has 100 valence electrons. The number of nitrogens with zero attached hydrogens (tertiary/aromatic N) is 3. The Morgan fingerprint density at radius 2 is 2.44 bits per heavy atom. The number of nitrogens with two attached hydrogens (primary N) is 1. The van der Waals surface area contributed by atoms with E-state index in [1.807, 2.05) is 11.9 Å². The van der Waals surface area contributed by atoms with E-state index in [-0.39, 0.29) is 5.91 Å². The molecule has 1 aromatic heterocycles. The summed E-state index contributed by atoms with van der Waals surface area (Å²) in [4.78, 5) is 14.2. The Kier molecular flexibility index (Phi) is 3.98. The third-order valence-electron chi connectivity index (χ3n) is 3.16. The molecule has 1 aliphatic carbocycles. The van der Waals surface area contributed by atoms with Crippen LogP contribution in [0, 0.1) is 0 Å². The molecule has 1 heterocycles. The maximum Gasteiger partial charge on any atom is 0.244 e. The molecule has 0 aliphatic heterocycles. The van der Waals surface area contributed by atoms with E-state index in [0.29, 0.717) is 19.2 Å². The average Bonchev–Trinajstić information content (AvgIpc) is 3.10. The average molecular weight is 252 g/mol. The van der Waals surface area contributed by atoms with Crippen LogP contribution in [-0.2, 0) is 16.6 Å². The number of hydrogen-bond donors (Lipinski definition) is 1. The molecule has 1 unspecified atom stereocenters. The van der Waals surface area contributed by atoms with Crippen LogP contribution < -0.4 is 5.73 Å². The van der Waals surface area contributed by atoms with Crippen molar-refractivity contribution in [2.45, 2.75) is 24.9 Å². The van der Waals surface area contributed by atoms with Crippen LogP contribution in [-0.4, -0.2) is 46.9 Å². The lowest BCUT2D eigenvalue weighted by Crippen LogP contribution is -2.41. The molecule has 0 spiro atoms. The van der Waals surface area contributed by atoms with Gasteiger partial charge in [0, 0.05) is 38.5 Å². The van der Waals surface area contributed by atoms with E-state index < -0.39 is 6.04 Å². The number of amides is 1. The molecule has 1 aromatic rings. The molecule has 18 heavy (non-hydrogen) atoms. The van der Waals surface area contributed by atoms with Crippen molar-refractivity contribution >= 4 is 5.91 Å². The minimum atomic E-state index is -0.629. The predicted octanol–water partition coefficient (Wildman–Crippen LogP) is 0.0573. The highest BCUT2D eigenvalue weighted by atomic mass is 16.5. The van der Waals surface area contributed by atoms with Crippen LogP contribution in [0.4, 0.5) is 0 Å². The number of aryl methyl sites for hydroxylation is 1. The number of ether oxygens (including phenoxy) is 1. The minimum Gasteiger partial charge on any atom is -0.383 e. The predicted molar refractivity (Wildman–Crippen MR) is 66.7 cm³/mol. The van der Waals surface area contributed by atoms with Gasteiger partial charge in [0.1, 0.15) is 6.04 Å². The Labute approximate surface area is 107 Å². The second kappa shape index (κ2) is 5.49. The van der Waals surface area contributed by atoms with Gasteiger partial charge in [0.05, 0.1) is 12.8 Å². The molecular formula is C12H20N4O2. The van der Waals surface area contributed by atoms with Gasteiger partial charge in [-0.1, -0.05) is 0 Å². The minimum absolute atomic E-state index is 0.0393. The largest absolute Gasteiger partial charge is 0.383 e. The van der Waals surface area contributed by atoms with Gasteiger partial charge in [-0.3, -0.25) is 9.48 Å². The number of methoxy groups -OCH3 is 1. The highest BCUT2D eigenvalue weighted by molar-refractivity contribution is 5.83. The summed E-state index contributed by atoms with van der Waals surface area (Å²) in [6.07, 6.45) is 5.55. The SMILES string of the molecule is COCCN(C(=O)C(N)c1cnn(C)c1)C1CC1. The quantitative estimate of drug-likeness (QED) is 0.777. The summed E-state index contributed by atoms with van der Waals surface area (Å²) in [5, 5.41) is 4.04. The molecule has 1 saturated carbocycles. The molecule has 1 amide bonds. The fourth-order valence-electron chi connectivity index (χ4n) is 1.97. The summed E-state index contributed by atoms with van der Waals surface area (Å²) < 4.78 is 6.69. The number of carbonyl (C=O) groups excluding carboxylic acids is 1. The van der Waals surface area contributed by atoms with Crippen molar-refractivity contribution in [2.75, 3.05) is 20.3 Å². The van der Waals surface area contributed by atoms with Gasteiger partial charge in [0.15, 0.2) is 0 Å². The van der Waals surface area contributed by atoms with Crippen LogP contribution in [0.5, 0.6) is 0 Å². The highest BCUT2D eigenvalue weighted by Crippen LogP contribution is 2.28. The molecular weight excluding hydrogens is 232 g/mol. The third kappa shape index (κ3) is 2.88. The van der Waals surface area contributed by atoms with Crippen molar-refractivity contribution in [3.05, 3.63) is 18.0 Å². The lowest BCUT2D eigenvalue weighted by molar-refractivity contribution is -0.134. The molecule has 0 aromatic carbocycles. The van der Waals surface area contributed by atoms with Gasteiger partial charge in [-0.2, -0.15) is 5.10 Å². The van der Waals surface area contributed by atoms with E-state index in [2.05, 4.69) is 5.10 Å². The topological polar surface area (TPSA) is 73.4 Å². The fourth-order valence-corrected chi connectivity index (χ4v) is 1.97. The van der Waals surface area contributed by atoms with Gasteiger partial charge in [-0.05, 0) is 12.8 Å². The van der Waals surface area contributed by atoms with E-state index in [4.69, 9.17) is 10.5 Å². The molecule has 2 rings (SSSR count). The van der Waals surface area contributed by atoms with Crippen molar-refractivity contribution in [3.63, 3.8) is 0 Å². The van der Waals surface area contributed by atoms with E-state index in [1.165, 1.54) is 0 Å². The summed E-state index contributed by atoms with van der Waals surface area (Å²) in [6.45, 7) is 1.15. The van der Waals surface area contributed by atoms with E-state index in [9.17, 15) is 4.79 Å². The van der Waals surface area contributed by atoms with Gasteiger partial charge in [-0.25, -0.2) is 0 Å². The monoisotopic (exact) mass is 252 g/mol. The Bertz CT molecular complexity index is 414. The maximum atomic E-state index is 12.3. The third-order valence-corrected chi connectivity index (χ3v) is 3.16. The first-order chi connectivity index (χ1) is 8.63. The van der Waals surface area contributed by atoms with Crippen LogP contribution in [0.25, 0.3) is 0 Å². The van der Waals surface area contributed by atoms with Crippen molar-refractivity contribution in [3.8, 4) is 0 Å². The lowest BCUT2D eigenvalue weighted by Gasteiger charge is -2.24. The molecule has 6 nitrogen and oxygen atoms in total. The van der Waals surface area contributed by atoms with Crippen LogP contribution in [0.2, 0.25) is 0 Å². The van der Waals surface area contributed by atoms with E-state index >= 15 is 0 Å². The number of aromatic nitrogens is 2. The Morgan fingerprint density at radius 1 is 1.72 bits per heavy atom. The zero-order valence-electron chi connectivity index (χ0n) is 10.9. The van der Waals surface area contributed by atoms with Gasteiger partial charge in [-0.15, -0.1) is 0 Å². The summed E-state index contributed by atoms with van der Waals surface area (Å²) >= 11 is 0. The van der Waals surface area contributed by atoms with Crippen molar-refractivity contribution in [2.24, 2.45) is 12.8 Å². The molecule has 2 N–H and O–H groups in total. The van der Waals surface area contributed by atoms with Crippen LogP contribution in [0.1, 0.15) is 24.4 Å². The zero-order valence-corrected chi connectivity index (χ0v) is 10.9. The van der Waals surface area contributed by atoms with Gasteiger partial charge >= 0.3 is 0 Å². The van der Waals surface area contributed by atoms with Gasteiger partial charge < -0.3 is 15.4 Å². The number of hydrogen-bond acceptors (Lipinski definition) is 4. The molecule has 0 bridgehead atoms. The lowest BCUT2D eigenvalue weighted by atomic mass is 10.1. The van der Waals surface area contributed by atoms with E-state index in [0.717, 1.165) is 18.4 Å². The second-order valence-electron chi connectivity index (χ2n) is 4.68. The molecule has 0 radical (unpaired) electrons. The Hall–Kier alpha value is -1.40. The fraction of sp³-hybridized carbons (Fsp3) is 0.667. The van der Waals surface area contributed by atoms with Gasteiger partial charge in [0.25, 0.3) is 0 Å². The number of carbonyl (C=O) groups is 1. The van der Waals surface area contributed by atoms with Gasteiger partial charge in [0.2, 0.25) is 5.91 Å². The second-order valence-corrected chi connectivity index (χ2v) is 4.68. The standard InChI is InChI=1S/C12H20N4O2/c1-15-8-9(7-14-15)11(13)12(17)16(5-6-18-2)10-3-4-10/h7-8,10-11H,3-6,13H2,1-2H3. The summed E-state index contributed by atoms with van der Waals surface area (Å²) in [5.74, 6) is -0.0393.